The third-order valence-electron chi connectivity index (χ3n) is 5.80. The lowest BCUT2D eigenvalue weighted by molar-refractivity contribution is -0.133. The van der Waals surface area contributed by atoms with Crippen molar-refractivity contribution in [3.05, 3.63) is 65.7 Å². The number of hydrogen-bond donors (Lipinski definition) is 1. The van der Waals surface area contributed by atoms with Gasteiger partial charge in [-0.1, -0.05) is 30.3 Å². The highest BCUT2D eigenvalue weighted by Gasteiger charge is 2.31. The number of methoxy groups -OCH3 is 1. The molecule has 2 aromatic carbocycles. The van der Waals surface area contributed by atoms with E-state index in [2.05, 4.69) is 24.8 Å². The first kappa shape index (κ1) is 23.5. The molecule has 0 radical (unpaired) electrons. The van der Waals surface area contributed by atoms with Crippen molar-refractivity contribution in [2.45, 2.75) is 32.4 Å². The van der Waals surface area contributed by atoms with Crippen molar-refractivity contribution < 1.29 is 23.0 Å². The Kier molecular flexibility index (Phi) is 7.24. The van der Waals surface area contributed by atoms with E-state index in [9.17, 15) is 13.6 Å². The molecule has 10 heteroatoms. The Bertz CT molecular complexity index is 1110. The average Bonchev–Trinajstić information content (AvgIpc) is 3.23. The Hall–Kier alpha value is -3.69. The molecular formula is C24H27F2N5O3. The number of nitrogens with zero attached hydrogens (tertiary/aromatic N) is 4. The van der Waals surface area contributed by atoms with Crippen LogP contribution in [0.4, 0.5) is 14.5 Å². The molecule has 1 aromatic heterocycles. The Labute approximate surface area is 196 Å². The van der Waals surface area contributed by atoms with Gasteiger partial charge in [-0.15, -0.1) is 0 Å². The topological polar surface area (TPSA) is 83.6 Å². The van der Waals surface area contributed by atoms with Gasteiger partial charge in [0.2, 0.25) is 5.91 Å². The predicted octanol–water partition coefficient (Wildman–Crippen LogP) is 3.23. The molecule has 34 heavy (non-hydrogen) atoms. The number of aromatic nitrogens is 3. The predicted molar refractivity (Wildman–Crippen MR) is 122 cm³/mol. The smallest absolute Gasteiger partial charge is 0.387 e. The summed E-state index contributed by atoms with van der Waals surface area (Å²) >= 11 is 0. The van der Waals surface area contributed by atoms with E-state index in [0.29, 0.717) is 37.7 Å². The summed E-state index contributed by atoms with van der Waals surface area (Å²) in [5.74, 6) is 1.30. The molecule has 0 bridgehead atoms. The molecule has 1 atom stereocenters. The zero-order valence-electron chi connectivity index (χ0n) is 19.1. The van der Waals surface area contributed by atoms with Crippen LogP contribution >= 0.6 is 0 Å². The number of carbonyl (C=O) groups excluding carboxylic acids is 1. The highest BCUT2D eigenvalue weighted by molar-refractivity contribution is 5.78. The minimum atomic E-state index is -2.95. The van der Waals surface area contributed by atoms with Crippen LogP contribution in [0.3, 0.4) is 0 Å². The number of carbonyl (C=O) groups is 1. The first-order chi connectivity index (χ1) is 16.4. The maximum absolute atomic E-state index is 13.2. The van der Waals surface area contributed by atoms with Crippen LogP contribution in [0.25, 0.3) is 0 Å². The summed E-state index contributed by atoms with van der Waals surface area (Å²) in [5, 5.41) is 6.86. The molecule has 1 aliphatic heterocycles. The molecule has 180 valence electrons. The number of benzene rings is 2. The Morgan fingerprint density at radius 2 is 1.97 bits per heavy atom. The number of rotatable bonds is 8. The molecule has 0 spiro atoms. The van der Waals surface area contributed by atoms with Gasteiger partial charge in [0.05, 0.1) is 19.6 Å². The first-order valence-electron chi connectivity index (χ1n) is 11.0. The van der Waals surface area contributed by atoms with Crippen molar-refractivity contribution in [1.82, 2.24) is 20.1 Å². The minimum Gasteiger partial charge on any atom is -0.493 e. The van der Waals surface area contributed by atoms with Gasteiger partial charge in [-0.3, -0.25) is 9.89 Å². The summed E-state index contributed by atoms with van der Waals surface area (Å²) in [6, 6.07) is 14.8. The van der Waals surface area contributed by atoms with Crippen LogP contribution in [-0.4, -0.2) is 65.4 Å². The molecule has 3 aromatic rings. The van der Waals surface area contributed by atoms with Gasteiger partial charge in [-0.05, 0) is 31.0 Å². The molecule has 2 heterocycles. The van der Waals surface area contributed by atoms with E-state index >= 15 is 0 Å². The van der Waals surface area contributed by atoms with E-state index in [1.54, 1.807) is 19.1 Å². The van der Waals surface area contributed by atoms with Crippen molar-refractivity contribution in [2.75, 3.05) is 31.6 Å². The second kappa shape index (κ2) is 10.5. The molecule has 1 aliphatic rings. The van der Waals surface area contributed by atoms with Crippen LogP contribution in [0.15, 0.2) is 48.5 Å². The molecular weight excluding hydrogens is 444 g/mol. The summed E-state index contributed by atoms with van der Waals surface area (Å²) < 4.78 is 35.6. The first-order valence-corrected chi connectivity index (χ1v) is 11.0. The zero-order valence-corrected chi connectivity index (χ0v) is 19.1. The number of anilines is 1. The number of aryl methyl sites for hydroxylation is 1. The highest BCUT2D eigenvalue weighted by Crippen LogP contribution is 2.34. The normalized spacial score (nSPS) is 16.1. The SMILES string of the molecule is COc1ccc(N2CCN(C(=O)Cc3n[nH]c(C)n3)[C@@H](Cc3ccccc3)C2)cc1OC(F)F. The van der Waals surface area contributed by atoms with Gasteiger partial charge in [0.1, 0.15) is 5.82 Å². The van der Waals surface area contributed by atoms with Crippen molar-refractivity contribution in [2.24, 2.45) is 0 Å². The van der Waals surface area contributed by atoms with Gasteiger partial charge in [0, 0.05) is 31.4 Å². The van der Waals surface area contributed by atoms with Gasteiger partial charge in [-0.25, -0.2) is 4.98 Å². The number of aromatic amines is 1. The third-order valence-corrected chi connectivity index (χ3v) is 5.80. The lowest BCUT2D eigenvalue weighted by atomic mass is 10.0. The van der Waals surface area contributed by atoms with Crippen LogP contribution in [0.5, 0.6) is 11.5 Å². The minimum absolute atomic E-state index is 0.0203. The number of piperazine rings is 1. The fourth-order valence-corrected chi connectivity index (χ4v) is 4.23. The van der Waals surface area contributed by atoms with E-state index in [0.717, 1.165) is 11.3 Å². The highest BCUT2D eigenvalue weighted by atomic mass is 19.3. The van der Waals surface area contributed by atoms with Crippen LogP contribution in [0.1, 0.15) is 17.2 Å². The van der Waals surface area contributed by atoms with Gasteiger partial charge >= 0.3 is 6.61 Å². The van der Waals surface area contributed by atoms with E-state index in [-0.39, 0.29) is 29.9 Å². The molecule has 1 fully saturated rings. The number of H-pyrrole nitrogens is 1. The van der Waals surface area contributed by atoms with Crippen molar-refractivity contribution >= 4 is 11.6 Å². The molecule has 1 N–H and O–H groups in total. The molecule has 4 rings (SSSR count). The number of halogens is 2. The van der Waals surface area contributed by atoms with Crippen molar-refractivity contribution in [1.29, 1.82) is 0 Å². The number of hydrogen-bond acceptors (Lipinski definition) is 6. The van der Waals surface area contributed by atoms with Crippen molar-refractivity contribution in [3.63, 3.8) is 0 Å². The Morgan fingerprint density at radius 1 is 1.18 bits per heavy atom. The van der Waals surface area contributed by atoms with Crippen LogP contribution in [0, 0.1) is 6.92 Å². The fraction of sp³-hybridized carbons (Fsp3) is 0.375. The van der Waals surface area contributed by atoms with E-state index in [1.807, 2.05) is 41.3 Å². The monoisotopic (exact) mass is 471 g/mol. The molecule has 8 nitrogen and oxygen atoms in total. The van der Waals surface area contributed by atoms with Crippen LogP contribution in [0.2, 0.25) is 0 Å². The van der Waals surface area contributed by atoms with Crippen LogP contribution in [-0.2, 0) is 17.6 Å². The second-order valence-corrected chi connectivity index (χ2v) is 8.10. The molecule has 1 saturated heterocycles. The number of ether oxygens (including phenoxy) is 2. The summed E-state index contributed by atoms with van der Waals surface area (Å²) in [6.45, 7) is 0.401. The van der Waals surface area contributed by atoms with Gasteiger partial charge in [0.15, 0.2) is 17.3 Å². The average molecular weight is 472 g/mol. The van der Waals surface area contributed by atoms with Crippen LogP contribution < -0.4 is 14.4 Å². The maximum Gasteiger partial charge on any atom is 0.387 e. The van der Waals surface area contributed by atoms with Gasteiger partial charge in [0.25, 0.3) is 0 Å². The summed E-state index contributed by atoms with van der Waals surface area (Å²) in [5.41, 5.74) is 1.84. The Morgan fingerprint density at radius 3 is 2.65 bits per heavy atom. The molecule has 1 amide bonds. The van der Waals surface area contributed by atoms with Gasteiger partial charge < -0.3 is 19.3 Å². The lowest BCUT2D eigenvalue weighted by Crippen LogP contribution is -2.56. The standard InChI is InChI=1S/C24H27F2N5O3/c1-16-27-22(29-28-16)14-23(32)31-11-10-30(15-19(31)12-17-6-4-3-5-7-17)18-8-9-20(33-2)21(13-18)34-24(25)26/h3-9,13,19,24H,10-12,14-15H2,1-2H3,(H,27,28,29)/t19-/m0/s1. The number of nitrogens with one attached hydrogen (secondary N) is 1. The van der Waals surface area contributed by atoms with Gasteiger partial charge in [-0.2, -0.15) is 13.9 Å². The number of alkyl halides is 2. The fourth-order valence-electron chi connectivity index (χ4n) is 4.23. The summed E-state index contributed by atoms with van der Waals surface area (Å²) in [6.07, 6.45) is 0.775. The quantitative estimate of drug-likeness (QED) is 0.543. The third kappa shape index (κ3) is 5.62. The largest absolute Gasteiger partial charge is 0.493 e. The molecule has 0 aliphatic carbocycles. The Balaban J connectivity index is 1.55. The summed E-state index contributed by atoms with van der Waals surface area (Å²) in [4.78, 5) is 21.4. The van der Waals surface area contributed by atoms with E-state index in [1.165, 1.54) is 7.11 Å². The summed E-state index contributed by atoms with van der Waals surface area (Å²) in [7, 11) is 1.41. The molecule has 0 unspecified atom stereocenters. The second-order valence-electron chi connectivity index (χ2n) is 8.10. The molecule has 0 saturated carbocycles. The maximum atomic E-state index is 13.2. The van der Waals surface area contributed by atoms with E-state index in [4.69, 9.17) is 4.74 Å². The number of amides is 1. The lowest BCUT2D eigenvalue weighted by Gasteiger charge is -2.42. The van der Waals surface area contributed by atoms with Crippen molar-refractivity contribution in [3.8, 4) is 11.5 Å². The van der Waals surface area contributed by atoms with E-state index < -0.39 is 6.61 Å². The zero-order chi connectivity index (χ0) is 24.1.